The molecule has 0 spiro atoms. The number of hydrogen-bond donors (Lipinski definition) is 0. The minimum Gasteiger partial charge on any atom is -0.241 e. The molecule has 1 rings (SSSR count). The minimum absolute atomic E-state index is 0.969. The summed E-state index contributed by atoms with van der Waals surface area (Å²) in [4.78, 5) is 8.52. The molecule has 0 amide bonds. The second kappa shape index (κ2) is 4.64. The van der Waals surface area contributed by atoms with E-state index in [2.05, 4.69) is 39.5 Å². The van der Waals surface area contributed by atoms with Crippen LogP contribution in [-0.4, -0.2) is 9.97 Å². The van der Waals surface area contributed by atoms with E-state index in [1.807, 2.05) is 12.3 Å². The van der Waals surface area contributed by atoms with Gasteiger partial charge in [-0.3, -0.25) is 0 Å². The number of hydrogen-bond acceptors (Lipinski definition) is 2. The fourth-order valence-electron chi connectivity index (χ4n) is 0.860. The highest BCUT2D eigenvalue weighted by molar-refractivity contribution is 14.1. The van der Waals surface area contributed by atoms with Gasteiger partial charge in [0.05, 0.1) is 5.69 Å². The molecule has 0 saturated heterocycles. The topological polar surface area (TPSA) is 25.8 Å². The molecule has 0 unspecified atom stereocenters. The predicted molar refractivity (Wildman–Crippen MR) is 53.8 cm³/mol. The van der Waals surface area contributed by atoms with Gasteiger partial charge in [0.1, 0.15) is 5.82 Å². The van der Waals surface area contributed by atoms with Crippen LogP contribution in [-0.2, 0) is 10.8 Å². The Kier molecular flexibility index (Phi) is 3.76. The minimum atomic E-state index is 0.969. The molecule has 60 valence electrons. The Morgan fingerprint density at radius 2 is 2.36 bits per heavy atom. The first-order valence-corrected chi connectivity index (χ1v) is 5.26. The summed E-state index contributed by atoms with van der Waals surface area (Å²) in [6.45, 7) is 2.14. The first kappa shape index (κ1) is 8.90. The second-order valence-corrected chi connectivity index (χ2v) is 3.11. The molecule has 0 aliphatic rings. The Morgan fingerprint density at radius 1 is 1.55 bits per heavy atom. The van der Waals surface area contributed by atoms with E-state index in [0.717, 1.165) is 28.8 Å². The smallest absolute Gasteiger partial charge is 0.128 e. The summed E-state index contributed by atoms with van der Waals surface area (Å²) in [5.74, 6) is 0.974. The molecule has 0 aliphatic carbocycles. The lowest BCUT2D eigenvalue weighted by Gasteiger charge is -1.97. The van der Waals surface area contributed by atoms with E-state index in [1.54, 1.807) is 0 Å². The number of aryl methyl sites for hydroxylation is 1. The predicted octanol–water partition coefficient (Wildman–Crippen LogP) is 2.36. The van der Waals surface area contributed by atoms with Crippen molar-refractivity contribution in [1.29, 1.82) is 0 Å². The van der Waals surface area contributed by atoms with Crippen LogP contribution >= 0.6 is 22.6 Å². The molecular formula is C8H11IN2. The summed E-state index contributed by atoms with van der Waals surface area (Å²) in [5, 5.41) is 0. The zero-order chi connectivity index (χ0) is 8.10. The van der Waals surface area contributed by atoms with E-state index in [0.29, 0.717) is 0 Å². The second-order valence-electron chi connectivity index (χ2n) is 2.35. The van der Waals surface area contributed by atoms with E-state index in [-0.39, 0.29) is 0 Å². The summed E-state index contributed by atoms with van der Waals surface area (Å²) in [6.07, 6.45) is 3.95. The molecule has 0 fully saturated rings. The Labute approximate surface area is 80.6 Å². The molecule has 1 aromatic rings. The lowest BCUT2D eigenvalue weighted by Crippen LogP contribution is -1.96. The van der Waals surface area contributed by atoms with Crippen molar-refractivity contribution in [2.45, 2.75) is 24.2 Å². The molecule has 0 bridgehead atoms. The van der Waals surface area contributed by atoms with Crippen molar-refractivity contribution in [2.75, 3.05) is 0 Å². The monoisotopic (exact) mass is 262 g/mol. The van der Waals surface area contributed by atoms with E-state index in [4.69, 9.17) is 0 Å². The van der Waals surface area contributed by atoms with Crippen LogP contribution in [0.4, 0.5) is 0 Å². The number of halogens is 1. The van der Waals surface area contributed by atoms with Crippen LogP contribution in [0.5, 0.6) is 0 Å². The molecule has 1 heterocycles. The van der Waals surface area contributed by atoms with Crippen molar-refractivity contribution in [3.8, 4) is 0 Å². The maximum atomic E-state index is 4.36. The fraction of sp³-hybridized carbons (Fsp3) is 0.500. The molecule has 0 atom stereocenters. The maximum Gasteiger partial charge on any atom is 0.128 e. The zero-order valence-corrected chi connectivity index (χ0v) is 8.71. The van der Waals surface area contributed by atoms with E-state index in [1.165, 1.54) is 0 Å². The summed E-state index contributed by atoms with van der Waals surface area (Å²) in [5.41, 5.74) is 1.13. The van der Waals surface area contributed by atoms with E-state index in [9.17, 15) is 0 Å². The summed E-state index contributed by atoms with van der Waals surface area (Å²) in [7, 11) is 0. The number of aromatic nitrogens is 2. The molecule has 0 aromatic carbocycles. The van der Waals surface area contributed by atoms with Crippen LogP contribution in [0.2, 0.25) is 0 Å². The summed E-state index contributed by atoms with van der Waals surface area (Å²) >= 11 is 2.31. The summed E-state index contributed by atoms with van der Waals surface area (Å²) in [6, 6.07) is 1.96. The van der Waals surface area contributed by atoms with E-state index < -0.39 is 0 Å². The molecule has 0 saturated carbocycles. The van der Waals surface area contributed by atoms with Gasteiger partial charge < -0.3 is 0 Å². The number of rotatable bonds is 3. The maximum absolute atomic E-state index is 4.36. The van der Waals surface area contributed by atoms with Crippen molar-refractivity contribution in [3.05, 3.63) is 23.8 Å². The van der Waals surface area contributed by atoms with Crippen molar-refractivity contribution in [3.63, 3.8) is 0 Å². The van der Waals surface area contributed by atoms with Crippen molar-refractivity contribution < 1.29 is 0 Å². The molecule has 0 radical (unpaired) electrons. The Morgan fingerprint density at radius 3 is 3.00 bits per heavy atom. The third-order valence-electron chi connectivity index (χ3n) is 1.37. The SMILES string of the molecule is CCCc1nccc(CI)n1. The van der Waals surface area contributed by atoms with Crippen LogP contribution in [0.1, 0.15) is 24.9 Å². The highest BCUT2D eigenvalue weighted by atomic mass is 127. The Hall–Kier alpha value is -0.190. The van der Waals surface area contributed by atoms with Crippen LogP contribution in [0.25, 0.3) is 0 Å². The molecule has 1 aromatic heterocycles. The van der Waals surface area contributed by atoms with Crippen molar-refractivity contribution in [2.24, 2.45) is 0 Å². The average molecular weight is 262 g/mol. The molecule has 0 aliphatic heterocycles. The highest BCUT2D eigenvalue weighted by Crippen LogP contribution is 2.02. The summed E-state index contributed by atoms with van der Waals surface area (Å²) < 4.78 is 0.969. The quantitative estimate of drug-likeness (QED) is 0.617. The zero-order valence-electron chi connectivity index (χ0n) is 6.55. The van der Waals surface area contributed by atoms with Gasteiger partial charge in [0, 0.05) is 17.0 Å². The van der Waals surface area contributed by atoms with Gasteiger partial charge in [0.2, 0.25) is 0 Å². The van der Waals surface area contributed by atoms with Crippen LogP contribution in [0, 0.1) is 0 Å². The number of nitrogens with zero attached hydrogens (tertiary/aromatic N) is 2. The fourth-order valence-corrected chi connectivity index (χ4v) is 1.28. The Balaban J connectivity index is 2.74. The Bertz CT molecular complexity index is 225. The molecule has 3 heteroatoms. The first-order valence-electron chi connectivity index (χ1n) is 3.73. The average Bonchev–Trinajstić information content (AvgIpc) is 2.06. The van der Waals surface area contributed by atoms with Crippen molar-refractivity contribution in [1.82, 2.24) is 9.97 Å². The van der Waals surface area contributed by atoms with Gasteiger partial charge in [-0.25, -0.2) is 9.97 Å². The first-order chi connectivity index (χ1) is 5.36. The van der Waals surface area contributed by atoms with Gasteiger partial charge in [-0.05, 0) is 12.5 Å². The van der Waals surface area contributed by atoms with Gasteiger partial charge in [-0.15, -0.1) is 0 Å². The van der Waals surface area contributed by atoms with Gasteiger partial charge in [-0.2, -0.15) is 0 Å². The highest BCUT2D eigenvalue weighted by Gasteiger charge is 1.95. The van der Waals surface area contributed by atoms with Crippen LogP contribution in [0.3, 0.4) is 0 Å². The lowest BCUT2D eigenvalue weighted by atomic mass is 10.3. The van der Waals surface area contributed by atoms with E-state index >= 15 is 0 Å². The standard InChI is InChI=1S/C8H11IN2/c1-2-3-8-10-5-4-7(6-9)11-8/h4-5H,2-3,6H2,1H3. The van der Waals surface area contributed by atoms with Crippen LogP contribution < -0.4 is 0 Å². The molecule has 11 heavy (non-hydrogen) atoms. The number of alkyl halides is 1. The van der Waals surface area contributed by atoms with Crippen LogP contribution in [0.15, 0.2) is 12.3 Å². The lowest BCUT2D eigenvalue weighted by molar-refractivity contribution is 0.824. The van der Waals surface area contributed by atoms with Gasteiger partial charge in [-0.1, -0.05) is 29.5 Å². The molecule has 2 nitrogen and oxygen atoms in total. The van der Waals surface area contributed by atoms with Gasteiger partial charge >= 0.3 is 0 Å². The van der Waals surface area contributed by atoms with Crippen molar-refractivity contribution >= 4 is 22.6 Å². The van der Waals surface area contributed by atoms with Gasteiger partial charge in [0.25, 0.3) is 0 Å². The normalized spacial score (nSPS) is 10.0. The van der Waals surface area contributed by atoms with Gasteiger partial charge in [0.15, 0.2) is 0 Å². The third-order valence-corrected chi connectivity index (χ3v) is 2.16. The molecule has 0 N–H and O–H groups in total. The largest absolute Gasteiger partial charge is 0.241 e. The molecular weight excluding hydrogens is 251 g/mol. The third kappa shape index (κ3) is 2.73.